The Bertz CT molecular complexity index is 847. The fraction of sp³-hybridized carbons (Fsp3) is 0.429. The molecule has 2 aromatic rings. The van der Waals surface area contributed by atoms with Crippen molar-refractivity contribution in [2.45, 2.75) is 38.7 Å². The van der Waals surface area contributed by atoms with E-state index >= 15 is 0 Å². The number of aryl methyl sites for hydroxylation is 1. The number of hydrogen-bond acceptors (Lipinski definition) is 6. The largest absolute Gasteiger partial charge is 0.464 e. The fourth-order valence-corrected chi connectivity index (χ4v) is 2.59. The monoisotopic (exact) mass is 337 g/mol. The van der Waals surface area contributed by atoms with E-state index in [2.05, 4.69) is 9.97 Å². The van der Waals surface area contributed by atoms with Gasteiger partial charge >= 0.3 is 5.69 Å². The highest BCUT2D eigenvalue weighted by Crippen LogP contribution is 2.29. The van der Waals surface area contributed by atoms with Gasteiger partial charge in [0, 0.05) is 31.9 Å². The Morgan fingerprint density at radius 2 is 2.43 bits per heavy atom. The summed E-state index contributed by atoms with van der Waals surface area (Å²) >= 11 is 5.20. The predicted molar refractivity (Wildman–Crippen MR) is 85.4 cm³/mol. The van der Waals surface area contributed by atoms with Gasteiger partial charge in [-0.25, -0.2) is 9.78 Å². The Balaban J connectivity index is 1.79. The summed E-state index contributed by atoms with van der Waals surface area (Å²) in [6.07, 6.45) is 4.90. The number of hydrogen-bond donors (Lipinski definition) is 1. The van der Waals surface area contributed by atoms with E-state index in [1.54, 1.807) is 23.9 Å². The maximum Gasteiger partial charge on any atom is 0.330 e. The van der Waals surface area contributed by atoms with Gasteiger partial charge in [0.15, 0.2) is 0 Å². The number of nitrogens with one attached hydrogen (secondary N) is 1. The number of nitrogens with zero attached hydrogens (tertiary/aromatic N) is 3. The van der Waals surface area contributed by atoms with Gasteiger partial charge in [0.25, 0.3) is 10.7 Å². The Morgan fingerprint density at radius 1 is 1.61 bits per heavy atom. The third kappa shape index (κ3) is 3.10. The molecule has 0 saturated carbocycles. The number of imidazole rings is 1. The topological polar surface area (TPSA) is 91.1 Å². The smallest absolute Gasteiger partial charge is 0.330 e. The van der Waals surface area contributed by atoms with Gasteiger partial charge in [-0.3, -0.25) is 18.9 Å². The second kappa shape index (κ2) is 6.09. The highest BCUT2D eigenvalue weighted by atomic mass is 32.1. The molecule has 0 aromatic carbocycles. The molecule has 8 nitrogen and oxygen atoms in total. The van der Waals surface area contributed by atoms with Crippen LogP contribution in [0, 0.1) is 6.92 Å². The first kappa shape index (κ1) is 14.3. The Morgan fingerprint density at radius 3 is 3.13 bits per heavy atom. The normalized spacial score (nSPS) is 24.4. The van der Waals surface area contributed by atoms with Crippen LogP contribution in [0.25, 0.3) is 0 Å². The van der Waals surface area contributed by atoms with Crippen molar-refractivity contribution in [3.63, 3.8) is 0 Å². The molecule has 2 aromatic heterocycles. The van der Waals surface area contributed by atoms with Crippen LogP contribution >= 0.6 is 12.2 Å². The van der Waals surface area contributed by atoms with Gasteiger partial charge in [-0.1, -0.05) is 0 Å². The number of aromatic amines is 1. The number of thiocarbonyl (C=S) groups is 1. The Kier molecular flexibility index (Phi) is 3.80. The van der Waals surface area contributed by atoms with E-state index in [9.17, 15) is 9.59 Å². The zero-order valence-electron chi connectivity index (χ0n) is 13.3. The summed E-state index contributed by atoms with van der Waals surface area (Å²) in [7, 11) is 0. The van der Waals surface area contributed by atoms with Crippen LogP contribution in [0.3, 0.4) is 0 Å². The summed E-state index contributed by atoms with van der Waals surface area (Å²) in [6, 6.07) is 0. The lowest BCUT2D eigenvalue weighted by atomic mass is 10.2. The molecule has 0 bridgehead atoms. The lowest BCUT2D eigenvalue weighted by molar-refractivity contribution is -0.00825. The third-order valence-electron chi connectivity index (χ3n) is 3.60. The quantitative estimate of drug-likeness (QED) is 0.806. The van der Waals surface area contributed by atoms with Crippen molar-refractivity contribution in [1.29, 1.82) is 0 Å². The van der Waals surface area contributed by atoms with Gasteiger partial charge in [-0.2, -0.15) is 0 Å². The minimum Gasteiger partial charge on any atom is -0.464 e. The van der Waals surface area contributed by atoms with Crippen molar-refractivity contribution >= 4 is 17.4 Å². The molecule has 122 valence electrons. The second-order valence-electron chi connectivity index (χ2n) is 5.24. The molecule has 1 aliphatic heterocycles. The van der Waals surface area contributed by atoms with Gasteiger partial charge in [-0.05, 0) is 26.0 Å². The standard InChI is InChI=1S/C14H16N4O4S/c1-8-6-18(13(20)16-12(8)19)11-5-10(9(2)21-11)22-14(23)17-4-3-15-7-17/h3-4,6-7,9-11H,5H2,1-2H3,(H,16,19,20)/i2D. The van der Waals surface area contributed by atoms with Gasteiger partial charge in [0.1, 0.15) is 18.7 Å². The molecule has 3 rings (SSSR count). The van der Waals surface area contributed by atoms with Crippen LogP contribution in [0.5, 0.6) is 0 Å². The molecule has 1 N–H and O–H groups in total. The predicted octanol–water partition coefficient (Wildman–Crippen LogP) is 0.567. The fourth-order valence-electron chi connectivity index (χ4n) is 2.36. The number of H-pyrrole nitrogens is 1. The van der Waals surface area contributed by atoms with Gasteiger partial charge < -0.3 is 9.47 Å². The molecular formula is C14H16N4O4S. The summed E-state index contributed by atoms with van der Waals surface area (Å²) in [5, 5.41) is 0.199. The molecule has 3 atom stereocenters. The molecule has 1 aliphatic rings. The molecule has 0 aliphatic carbocycles. The summed E-state index contributed by atoms with van der Waals surface area (Å²) in [4.78, 5) is 29.6. The van der Waals surface area contributed by atoms with Crippen LogP contribution in [0.15, 0.2) is 34.5 Å². The molecule has 1 saturated heterocycles. The average molecular weight is 337 g/mol. The van der Waals surface area contributed by atoms with E-state index in [0.717, 1.165) is 0 Å². The summed E-state index contributed by atoms with van der Waals surface area (Å²) < 4.78 is 21.9. The van der Waals surface area contributed by atoms with Crippen molar-refractivity contribution in [2.24, 2.45) is 0 Å². The van der Waals surface area contributed by atoms with E-state index in [0.29, 0.717) is 12.0 Å². The lowest BCUT2D eigenvalue weighted by Gasteiger charge is -2.16. The van der Waals surface area contributed by atoms with E-state index in [4.69, 9.17) is 23.1 Å². The van der Waals surface area contributed by atoms with Crippen LogP contribution < -0.4 is 11.2 Å². The third-order valence-corrected chi connectivity index (χ3v) is 3.91. The number of rotatable bonds is 2. The van der Waals surface area contributed by atoms with Crippen LogP contribution in [-0.2, 0) is 9.47 Å². The van der Waals surface area contributed by atoms with Crippen molar-refractivity contribution in [3.05, 3.63) is 51.3 Å². The maximum absolute atomic E-state index is 12.0. The van der Waals surface area contributed by atoms with Crippen molar-refractivity contribution in [2.75, 3.05) is 0 Å². The van der Waals surface area contributed by atoms with Crippen molar-refractivity contribution in [3.8, 4) is 0 Å². The minimum atomic E-state index is -0.626. The van der Waals surface area contributed by atoms with Crippen LogP contribution in [0.1, 0.15) is 26.5 Å². The first-order valence-corrected chi connectivity index (χ1v) is 7.36. The summed E-state index contributed by atoms with van der Waals surface area (Å²) in [6.45, 7) is 1.57. The van der Waals surface area contributed by atoms with Crippen LogP contribution in [0.4, 0.5) is 0 Å². The molecule has 3 unspecified atom stereocenters. The van der Waals surface area contributed by atoms with Crippen LogP contribution in [0.2, 0.25) is 0 Å². The van der Waals surface area contributed by atoms with Crippen LogP contribution in [-0.4, -0.2) is 36.5 Å². The lowest BCUT2D eigenvalue weighted by Crippen LogP contribution is -2.33. The van der Waals surface area contributed by atoms with Gasteiger partial charge in [0.05, 0.1) is 6.10 Å². The molecule has 3 heterocycles. The molecular weight excluding hydrogens is 320 g/mol. The molecule has 23 heavy (non-hydrogen) atoms. The molecule has 1 fully saturated rings. The van der Waals surface area contributed by atoms with Crippen molar-refractivity contribution in [1.82, 2.24) is 19.1 Å². The van der Waals surface area contributed by atoms with E-state index in [1.807, 2.05) is 0 Å². The summed E-state index contributed by atoms with van der Waals surface area (Å²) in [5.41, 5.74) is -0.587. The Labute approximate surface area is 138 Å². The molecule has 0 amide bonds. The highest BCUT2D eigenvalue weighted by Gasteiger charge is 2.36. The number of aromatic nitrogens is 4. The minimum absolute atomic E-state index is 0.0369. The molecule has 9 heteroatoms. The van der Waals surface area contributed by atoms with Gasteiger partial charge in [-0.15, -0.1) is 0 Å². The second-order valence-corrected chi connectivity index (χ2v) is 5.58. The number of ether oxygens (including phenoxy) is 2. The molecule has 0 radical (unpaired) electrons. The average Bonchev–Trinajstić information content (AvgIpc) is 3.20. The van der Waals surface area contributed by atoms with Gasteiger partial charge in [0.2, 0.25) is 0 Å². The van der Waals surface area contributed by atoms with E-state index in [1.165, 1.54) is 17.1 Å². The van der Waals surface area contributed by atoms with Crippen molar-refractivity contribution < 1.29 is 10.8 Å². The summed E-state index contributed by atoms with van der Waals surface area (Å²) in [5.74, 6) is 0. The Hall–Kier alpha value is -2.26. The zero-order chi connectivity index (χ0) is 17.3. The molecule has 0 spiro atoms. The first-order chi connectivity index (χ1) is 11.5. The maximum atomic E-state index is 12.0. The highest BCUT2D eigenvalue weighted by molar-refractivity contribution is 7.80. The SMILES string of the molecule is [2H]CC1OC(n2cc(C)c(=O)[nH]c2=O)CC1OC(=S)n1ccnc1. The first-order valence-electron chi connectivity index (χ1n) is 7.66. The zero-order valence-corrected chi connectivity index (χ0v) is 13.2. The van der Waals surface area contributed by atoms with E-state index in [-0.39, 0.29) is 12.1 Å². The van der Waals surface area contributed by atoms with E-state index < -0.39 is 29.7 Å².